The molecule has 124 valence electrons. The maximum Gasteiger partial charge on any atom is 0.411 e. The highest BCUT2D eigenvalue weighted by Gasteiger charge is 2.11. The fourth-order valence-corrected chi connectivity index (χ4v) is 1.77. The zero-order chi connectivity index (χ0) is 17.4. The lowest BCUT2D eigenvalue weighted by atomic mass is 10.2. The average molecular weight is 328 g/mol. The van der Waals surface area contributed by atoms with Crippen LogP contribution in [0.3, 0.4) is 0 Å². The first-order valence-electron chi connectivity index (χ1n) is 7.15. The number of rotatable bonds is 4. The number of nitrogens with one attached hydrogen (secondary N) is 3. The van der Waals surface area contributed by atoms with Crippen molar-refractivity contribution in [3.05, 3.63) is 59.9 Å². The molecule has 24 heavy (non-hydrogen) atoms. The minimum Gasteiger partial charge on any atom is -0.450 e. The molecule has 0 unspecified atom stereocenters. The third-order valence-corrected chi connectivity index (χ3v) is 2.83. The van der Waals surface area contributed by atoms with Gasteiger partial charge in [0.1, 0.15) is 5.69 Å². The fourth-order valence-electron chi connectivity index (χ4n) is 1.77. The van der Waals surface area contributed by atoms with Crippen molar-refractivity contribution in [3.63, 3.8) is 0 Å². The van der Waals surface area contributed by atoms with Crippen LogP contribution in [0.25, 0.3) is 0 Å². The average Bonchev–Trinajstić information content (AvgIpc) is 2.60. The van der Waals surface area contributed by atoms with E-state index >= 15 is 0 Å². The molecule has 3 N–H and O–H groups in total. The molecule has 0 saturated heterocycles. The summed E-state index contributed by atoms with van der Waals surface area (Å²) in [5.41, 5.74) is 5.38. The van der Waals surface area contributed by atoms with Gasteiger partial charge in [-0.15, -0.1) is 0 Å². The van der Waals surface area contributed by atoms with Crippen molar-refractivity contribution in [1.29, 1.82) is 0 Å². The molecule has 0 bridgehead atoms. The standard InChI is InChI=1S/C16H16N4O4/c1-2-24-16(23)18-12-7-5-6-11(10-12)14(21)19-20-15(22)13-8-3-4-9-17-13/h3-10H,2H2,1H3,(H,18,23)(H,19,21)(H,20,22). The number of anilines is 1. The summed E-state index contributed by atoms with van der Waals surface area (Å²) in [6, 6.07) is 11.1. The molecular weight excluding hydrogens is 312 g/mol. The highest BCUT2D eigenvalue weighted by Crippen LogP contribution is 2.10. The van der Waals surface area contributed by atoms with Crippen LogP contribution in [0.5, 0.6) is 0 Å². The van der Waals surface area contributed by atoms with E-state index < -0.39 is 17.9 Å². The second-order valence-corrected chi connectivity index (χ2v) is 4.55. The van der Waals surface area contributed by atoms with Crippen LogP contribution >= 0.6 is 0 Å². The van der Waals surface area contributed by atoms with Crippen molar-refractivity contribution in [1.82, 2.24) is 15.8 Å². The Hall–Kier alpha value is -3.42. The van der Waals surface area contributed by atoms with E-state index in [0.717, 1.165) is 0 Å². The van der Waals surface area contributed by atoms with Crippen LogP contribution < -0.4 is 16.2 Å². The summed E-state index contributed by atoms with van der Waals surface area (Å²) < 4.78 is 4.76. The smallest absolute Gasteiger partial charge is 0.411 e. The van der Waals surface area contributed by atoms with Gasteiger partial charge in [0.05, 0.1) is 6.61 Å². The molecule has 0 aliphatic rings. The minimum atomic E-state index is -0.612. The predicted molar refractivity (Wildman–Crippen MR) is 86.3 cm³/mol. The third-order valence-electron chi connectivity index (χ3n) is 2.83. The molecule has 0 spiro atoms. The molecule has 1 heterocycles. The topological polar surface area (TPSA) is 109 Å². The van der Waals surface area contributed by atoms with Crippen LogP contribution in [0, 0.1) is 0 Å². The second-order valence-electron chi connectivity index (χ2n) is 4.55. The first kappa shape index (κ1) is 16.9. The van der Waals surface area contributed by atoms with Gasteiger partial charge in [-0.3, -0.25) is 30.7 Å². The zero-order valence-corrected chi connectivity index (χ0v) is 12.9. The summed E-state index contributed by atoms with van der Waals surface area (Å²) in [4.78, 5) is 39.1. The van der Waals surface area contributed by atoms with Crippen molar-refractivity contribution in [2.75, 3.05) is 11.9 Å². The van der Waals surface area contributed by atoms with Crippen molar-refractivity contribution in [2.45, 2.75) is 6.92 Å². The van der Waals surface area contributed by atoms with Crippen LogP contribution in [0.4, 0.5) is 10.5 Å². The maximum absolute atomic E-state index is 12.1. The van der Waals surface area contributed by atoms with E-state index in [-0.39, 0.29) is 17.9 Å². The summed E-state index contributed by atoms with van der Waals surface area (Å²) in [6.45, 7) is 1.93. The van der Waals surface area contributed by atoms with Crippen molar-refractivity contribution >= 4 is 23.6 Å². The molecule has 1 aromatic carbocycles. The Morgan fingerprint density at radius 2 is 1.83 bits per heavy atom. The quantitative estimate of drug-likeness (QED) is 0.740. The van der Waals surface area contributed by atoms with Gasteiger partial charge in [-0.05, 0) is 37.3 Å². The largest absolute Gasteiger partial charge is 0.450 e. The van der Waals surface area contributed by atoms with E-state index in [4.69, 9.17) is 4.74 Å². The first-order chi connectivity index (χ1) is 11.6. The van der Waals surface area contributed by atoms with Gasteiger partial charge < -0.3 is 4.74 Å². The summed E-state index contributed by atoms with van der Waals surface area (Å²) >= 11 is 0. The SMILES string of the molecule is CCOC(=O)Nc1cccc(C(=O)NNC(=O)c2ccccn2)c1. The van der Waals surface area contributed by atoms with E-state index in [1.807, 2.05) is 0 Å². The Morgan fingerprint density at radius 1 is 1.04 bits per heavy atom. The number of benzene rings is 1. The van der Waals surface area contributed by atoms with Gasteiger partial charge >= 0.3 is 6.09 Å². The number of aromatic nitrogens is 1. The summed E-state index contributed by atoms with van der Waals surface area (Å²) in [6.07, 6.45) is 0.861. The Labute approximate surface area is 138 Å². The Bertz CT molecular complexity index is 734. The Balaban J connectivity index is 1.95. The second kappa shape index (κ2) is 8.28. The predicted octanol–water partition coefficient (Wildman–Crippen LogP) is 1.72. The Kier molecular flexibility index (Phi) is 5.84. The molecule has 1 aromatic heterocycles. The molecule has 0 aliphatic heterocycles. The van der Waals surface area contributed by atoms with Gasteiger partial charge in [-0.25, -0.2) is 4.79 Å². The normalized spacial score (nSPS) is 9.71. The van der Waals surface area contributed by atoms with E-state index in [2.05, 4.69) is 21.2 Å². The summed E-state index contributed by atoms with van der Waals surface area (Å²) in [5, 5.41) is 2.49. The van der Waals surface area contributed by atoms with Gasteiger partial charge in [-0.1, -0.05) is 12.1 Å². The Morgan fingerprint density at radius 3 is 2.54 bits per heavy atom. The molecular formula is C16H16N4O4. The van der Waals surface area contributed by atoms with E-state index in [1.165, 1.54) is 18.3 Å². The van der Waals surface area contributed by atoms with Gasteiger partial charge in [-0.2, -0.15) is 0 Å². The monoisotopic (exact) mass is 328 g/mol. The number of ether oxygens (including phenoxy) is 1. The summed E-state index contributed by atoms with van der Waals surface area (Å²) in [7, 11) is 0. The van der Waals surface area contributed by atoms with Crippen LogP contribution in [0.1, 0.15) is 27.8 Å². The van der Waals surface area contributed by atoms with E-state index in [9.17, 15) is 14.4 Å². The van der Waals surface area contributed by atoms with E-state index in [1.54, 1.807) is 37.3 Å². The highest BCUT2D eigenvalue weighted by atomic mass is 16.5. The van der Waals surface area contributed by atoms with Crippen LogP contribution in [-0.2, 0) is 4.74 Å². The molecule has 8 heteroatoms. The minimum absolute atomic E-state index is 0.176. The van der Waals surface area contributed by atoms with Crippen molar-refractivity contribution in [2.24, 2.45) is 0 Å². The number of pyridine rings is 1. The zero-order valence-electron chi connectivity index (χ0n) is 12.9. The van der Waals surface area contributed by atoms with Crippen LogP contribution in [-0.4, -0.2) is 29.5 Å². The molecule has 0 radical (unpaired) electrons. The molecule has 8 nitrogen and oxygen atoms in total. The van der Waals surface area contributed by atoms with Crippen LogP contribution in [0.2, 0.25) is 0 Å². The lowest BCUT2D eigenvalue weighted by Crippen LogP contribution is -2.41. The fraction of sp³-hybridized carbons (Fsp3) is 0.125. The lowest BCUT2D eigenvalue weighted by molar-refractivity contribution is 0.0844. The number of amides is 3. The number of carbonyl (C=O) groups is 3. The highest BCUT2D eigenvalue weighted by molar-refractivity contribution is 5.99. The third kappa shape index (κ3) is 4.80. The first-order valence-corrected chi connectivity index (χ1v) is 7.15. The number of hydrogen-bond donors (Lipinski definition) is 3. The lowest BCUT2D eigenvalue weighted by Gasteiger charge is -2.09. The molecule has 0 atom stereocenters. The number of hydrazine groups is 1. The molecule has 3 amide bonds. The van der Waals surface area contributed by atoms with E-state index in [0.29, 0.717) is 5.69 Å². The van der Waals surface area contributed by atoms with Gasteiger partial charge in [0.15, 0.2) is 0 Å². The van der Waals surface area contributed by atoms with Gasteiger partial charge in [0.25, 0.3) is 11.8 Å². The molecule has 0 aliphatic carbocycles. The molecule has 0 fully saturated rings. The van der Waals surface area contributed by atoms with Gasteiger partial charge in [0, 0.05) is 17.4 Å². The number of hydrogen-bond acceptors (Lipinski definition) is 5. The van der Waals surface area contributed by atoms with Crippen molar-refractivity contribution in [3.8, 4) is 0 Å². The summed E-state index contributed by atoms with van der Waals surface area (Å²) in [5.74, 6) is -1.07. The number of nitrogens with zero attached hydrogens (tertiary/aromatic N) is 1. The van der Waals surface area contributed by atoms with Crippen LogP contribution in [0.15, 0.2) is 48.7 Å². The van der Waals surface area contributed by atoms with Crippen molar-refractivity contribution < 1.29 is 19.1 Å². The van der Waals surface area contributed by atoms with Gasteiger partial charge in [0.2, 0.25) is 0 Å². The molecule has 2 rings (SSSR count). The molecule has 0 saturated carbocycles. The molecule has 2 aromatic rings. The maximum atomic E-state index is 12.1. The number of carbonyl (C=O) groups excluding carboxylic acids is 3.